The van der Waals surface area contributed by atoms with Crippen molar-refractivity contribution in [2.24, 2.45) is 23.7 Å². The number of nitrogens with zero attached hydrogens (tertiary/aromatic N) is 2. The van der Waals surface area contributed by atoms with Crippen LogP contribution in [-0.2, 0) is 4.79 Å². The molecular weight excluding hydrogens is 485 g/mol. The molecule has 4 atom stereocenters. The van der Waals surface area contributed by atoms with Crippen molar-refractivity contribution in [1.29, 1.82) is 5.26 Å². The maximum Gasteiger partial charge on any atom is 0.308 e. The van der Waals surface area contributed by atoms with E-state index in [0.717, 1.165) is 47.8 Å². The average molecular weight is 518 g/mol. The lowest BCUT2D eigenvalue weighted by molar-refractivity contribution is -0.146. The van der Waals surface area contributed by atoms with Crippen LogP contribution in [0.15, 0.2) is 48.7 Å². The maximum absolute atomic E-state index is 13.9. The molecule has 2 aromatic carbocycles. The normalized spacial score (nSPS) is 24.7. The highest BCUT2D eigenvalue weighted by atomic mass is 19.1. The monoisotopic (exact) mass is 517 g/mol. The van der Waals surface area contributed by atoms with Crippen LogP contribution in [-0.4, -0.2) is 41.4 Å². The van der Waals surface area contributed by atoms with Crippen LogP contribution in [0.25, 0.3) is 10.9 Å². The van der Waals surface area contributed by atoms with E-state index in [0.29, 0.717) is 18.7 Å². The van der Waals surface area contributed by atoms with Gasteiger partial charge in [0.1, 0.15) is 17.6 Å². The van der Waals surface area contributed by atoms with Gasteiger partial charge in [0.25, 0.3) is 0 Å². The lowest BCUT2D eigenvalue weighted by atomic mass is 9.59. The van der Waals surface area contributed by atoms with E-state index < -0.39 is 23.8 Å². The van der Waals surface area contributed by atoms with Crippen molar-refractivity contribution in [3.63, 3.8) is 0 Å². The number of aliphatic carboxylic acids is 1. The van der Waals surface area contributed by atoms with Gasteiger partial charge in [0, 0.05) is 18.1 Å². The standard InChI is InChI=1S/C30H32FN3O4/c1-38-21-3-5-28-25(13-21)23(7-9-34-28)29(35)14-24(22-6-8-33-16-26(22)30(36)37)19-11-18(12-19)17-2-4-27(31)20(10-17)15-32/h2-5,7,9-10,13,18-19,22,24,26,29,33,35H,6,8,11-12,14,16H2,1H3,(H,36,37)/t18?,19?,22?,24-,26?,29-/m1/s1. The van der Waals surface area contributed by atoms with Gasteiger partial charge in [0.05, 0.1) is 30.2 Å². The Hall–Kier alpha value is -3.54. The summed E-state index contributed by atoms with van der Waals surface area (Å²) in [6.45, 7) is 1.16. The van der Waals surface area contributed by atoms with E-state index in [4.69, 9.17) is 4.74 Å². The van der Waals surface area contributed by atoms with Crippen LogP contribution >= 0.6 is 0 Å². The molecule has 2 fully saturated rings. The summed E-state index contributed by atoms with van der Waals surface area (Å²) in [5.41, 5.74) is 2.50. The summed E-state index contributed by atoms with van der Waals surface area (Å²) < 4.78 is 19.3. The molecule has 38 heavy (non-hydrogen) atoms. The number of hydrogen-bond donors (Lipinski definition) is 3. The van der Waals surface area contributed by atoms with E-state index in [1.165, 1.54) is 6.07 Å². The third kappa shape index (κ3) is 5.09. The van der Waals surface area contributed by atoms with E-state index in [-0.39, 0.29) is 29.2 Å². The number of aliphatic hydroxyl groups is 1. The molecule has 3 N–H and O–H groups in total. The Balaban J connectivity index is 1.42. The van der Waals surface area contributed by atoms with Crippen LogP contribution in [0.4, 0.5) is 4.39 Å². The Bertz CT molecular complexity index is 1370. The van der Waals surface area contributed by atoms with E-state index in [9.17, 15) is 24.7 Å². The fourth-order valence-corrected chi connectivity index (χ4v) is 6.49. The topological polar surface area (TPSA) is 115 Å². The van der Waals surface area contributed by atoms with E-state index in [1.54, 1.807) is 25.4 Å². The third-order valence-corrected chi connectivity index (χ3v) is 8.60. The highest BCUT2D eigenvalue weighted by Gasteiger charge is 2.45. The van der Waals surface area contributed by atoms with Crippen molar-refractivity contribution in [3.8, 4) is 11.8 Å². The number of methoxy groups -OCH3 is 1. The summed E-state index contributed by atoms with van der Waals surface area (Å²) in [5.74, 6) is -0.847. The molecule has 198 valence electrons. The number of carbonyl (C=O) groups is 1. The smallest absolute Gasteiger partial charge is 0.308 e. The van der Waals surface area contributed by atoms with Gasteiger partial charge in [0.15, 0.2) is 0 Å². The largest absolute Gasteiger partial charge is 0.497 e. The molecule has 1 aromatic heterocycles. The minimum Gasteiger partial charge on any atom is -0.497 e. The number of aromatic nitrogens is 1. The fourth-order valence-electron chi connectivity index (χ4n) is 6.49. The zero-order chi connectivity index (χ0) is 26.8. The molecule has 7 nitrogen and oxygen atoms in total. The van der Waals surface area contributed by atoms with Gasteiger partial charge in [0.2, 0.25) is 0 Å². The fraction of sp³-hybridized carbons (Fsp3) is 0.433. The van der Waals surface area contributed by atoms with E-state index >= 15 is 0 Å². The van der Waals surface area contributed by atoms with Gasteiger partial charge >= 0.3 is 5.97 Å². The second kappa shape index (κ2) is 11.1. The number of ether oxygens (including phenoxy) is 1. The van der Waals surface area contributed by atoms with Gasteiger partial charge in [-0.25, -0.2) is 4.39 Å². The molecule has 0 amide bonds. The number of carboxylic acid groups (broad SMARTS) is 1. The molecule has 0 bridgehead atoms. The van der Waals surface area contributed by atoms with Gasteiger partial charge < -0.3 is 20.3 Å². The number of hydrogen-bond acceptors (Lipinski definition) is 6. The molecule has 5 rings (SSSR count). The summed E-state index contributed by atoms with van der Waals surface area (Å²) in [6.07, 6.45) is 3.69. The number of pyridine rings is 1. The number of carboxylic acids is 1. The van der Waals surface area contributed by atoms with Crippen LogP contribution in [0.2, 0.25) is 0 Å². The second-order valence-corrected chi connectivity index (χ2v) is 10.6. The van der Waals surface area contributed by atoms with Crippen LogP contribution in [0, 0.1) is 40.8 Å². The molecule has 1 saturated carbocycles. The molecule has 0 spiro atoms. The van der Waals surface area contributed by atoms with Crippen molar-refractivity contribution in [2.45, 2.75) is 37.7 Å². The Kier molecular flexibility index (Phi) is 7.59. The molecule has 1 aliphatic heterocycles. The Morgan fingerprint density at radius 2 is 2.08 bits per heavy atom. The van der Waals surface area contributed by atoms with Crippen LogP contribution in [0.5, 0.6) is 5.75 Å². The van der Waals surface area contributed by atoms with Gasteiger partial charge in [-0.1, -0.05) is 6.07 Å². The Labute approximate surface area is 221 Å². The summed E-state index contributed by atoms with van der Waals surface area (Å²) in [6, 6.07) is 14.0. The van der Waals surface area contributed by atoms with Gasteiger partial charge in [-0.3, -0.25) is 9.78 Å². The highest BCUT2D eigenvalue weighted by Crippen LogP contribution is 2.52. The molecule has 0 radical (unpaired) electrons. The number of piperidine rings is 1. The average Bonchev–Trinajstić information content (AvgIpc) is 2.91. The van der Waals surface area contributed by atoms with Crippen molar-refractivity contribution in [3.05, 3.63) is 71.2 Å². The molecule has 1 saturated heterocycles. The lowest BCUT2D eigenvalue weighted by Crippen LogP contribution is -2.47. The van der Waals surface area contributed by atoms with Crippen LogP contribution in [0.3, 0.4) is 0 Å². The Morgan fingerprint density at radius 3 is 2.82 bits per heavy atom. The van der Waals surface area contributed by atoms with Gasteiger partial charge in [-0.15, -0.1) is 0 Å². The summed E-state index contributed by atoms with van der Waals surface area (Å²) in [5, 5.41) is 34.8. The van der Waals surface area contributed by atoms with Crippen molar-refractivity contribution in [2.75, 3.05) is 20.2 Å². The molecule has 8 heteroatoms. The van der Waals surface area contributed by atoms with Gasteiger partial charge in [-0.05, 0) is 103 Å². The minimum atomic E-state index is -0.811. The number of nitrogens with one attached hydrogen (secondary N) is 1. The number of benzene rings is 2. The number of rotatable bonds is 8. The molecular formula is C30H32FN3O4. The third-order valence-electron chi connectivity index (χ3n) is 8.60. The number of fused-ring (bicyclic) bond motifs is 1. The molecule has 2 heterocycles. The van der Waals surface area contributed by atoms with Crippen LogP contribution in [0.1, 0.15) is 54.4 Å². The molecule has 2 unspecified atom stereocenters. The SMILES string of the molecule is COc1ccc2nccc([C@H](O)C[C@H](C3CC(c4ccc(F)c(C#N)c4)C3)C3CCNCC3C(=O)O)c2c1. The predicted molar refractivity (Wildman–Crippen MR) is 140 cm³/mol. The first-order valence-corrected chi connectivity index (χ1v) is 13.1. The first-order valence-electron chi connectivity index (χ1n) is 13.1. The van der Waals surface area contributed by atoms with E-state index in [2.05, 4.69) is 10.3 Å². The zero-order valence-corrected chi connectivity index (χ0v) is 21.3. The first kappa shape index (κ1) is 26.1. The second-order valence-electron chi connectivity index (χ2n) is 10.6. The van der Waals surface area contributed by atoms with E-state index in [1.807, 2.05) is 30.3 Å². The molecule has 3 aromatic rings. The number of nitriles is 1. The Morgan fingerprint density at radius 1 is 1.26 bits per heavy atom. The predicted octanol–water partition coefficient (Wildman–Crippen LogP) is 4.80. The van der Waals surface area contributed by atoms with Crippen molar-refractivity contribution in [1.82, 2.24) is 10.3 Å². The lowest BCUT2D eigenvalue weighted by Gasteiger charge is -2.47. The van der Waals surface area contributed by atoms with Crippen molar-refractivity contribution < 1.29 is 24.1 Å². The highest BCUT2D eigenvalue weighted by molar-refractivity contribution is 5.83. The van der Waals surface area contributed by atoms with Gasteiger partial charge in [-0.2, -0.15) is 5.26 Å². The van der Waals surface area contributed by atoms with Crippen molar-refractivity contribution >= 4 is 16.9 Å². The number of halogens is 1. The summed E-state index contributed by atoms with van der Waals surface area (Å²) in [4.78, 5) is 16.6. The summed E-state index contributed by atoms with van der Waals surface area (Å²) in [7, 11) is 1.60. The zero-order valence-electron chi connectivity index (χ0n) is 21.3. The molecule has 2 aliphatic rings. The summed E-state index contributed by atoms with van der Waals surface area (Å²) >= 11 is 0. The molecule has 1 aliphatic carbocycles. The number of aliphatic hydroxyl groups excluding tert-OH is 1. The maximum atomic E-state index is 13.9. The first-order chi connectivity index (χ1) is 18.4. The minimum absolute atomic E-state index is 0.00541. The van der Waals surface area contributed by atoms with Crippen LogP contribution < -0.4 is 10.1 Å². The quantitative estimate of drug-likeness (QED) is 0.393.